The highest BCUT2D eigenvalue weighted by molar-refractivity contribution is 5.52. The van der Waals surface area contributed by atoms with Gasteiger partial charge in [0.25, 0.3) is 0 Å². The molecular weight excluding hydrogens is 306 g/mol. The normalized spacial score (nSPS) is 29.2. The van der Waals surface area contributed by atoms with Crippen molar-refractivity contribution in [2.24, 2.45) is 5.41 Å². The summed E-state index contributed by atoms with van der Waals surface area (Å²) in [6.45, 7) is 11.2. The fourth-order valence-corrected chi connectivity index (χ4v) is 2.35. The largest absolute Gasteiger partial charge is 0.489 e. The molecular formula is C19H31NO4. The van der Waals surface area contributed by atoms with Gasteiger partial charge in [-0.15, -0.1) is 0 Å². The zero-order chi connectivity index (χ0) is 17.6. The van der Waals surface area contributed by atoms with Gasteiger partial charge in [-0.1, -0.05) is 20.8 Å². The number of hydrogen-bond acceptors (Lipinski definition) is 5. The summed E-state index contributed by atoms with van der Waals surface area (Å²) in [5, 5.41) is 0. The Labute approximate surface area is 145 Å². The fourth-order valence-electron chi connectivity index (χ4n) is 2.35. The maximum absolute atomic E-state index is 6.24. The van der Waals surface area contributed by atoms with Crippen molar-refractivity contribution in [3.63, 3.8) is 0 Å². The Morgan fingerprint density at radius 2 is 1.75 bits per heavy atom. The lowest BCUT2D eigenvalue weighted by molar-refractivity contribution is -0.119. The van der Waals surface area contributed by atoms with E-state index in [0.29, 0.717) is 50.2 Å². The van der Waals surface area contributed by atoms with Gasteiger partial charge >= 0.3 is 0 Å². The fraction of sp³-hybridized carbons (Fsp3) is 0.684. The summed E-state index contributed by atoms with van der Waals surface area (Å²) in [6.07, 6.45) is 1.84. The van der Waals surface area contributed by atoms with Crippen LogP contribution in [0.4, 0.5) is 5.69 Å². The molecule has 2 rings (SSSR count). The van der Waals surface area contributed by atoms with Gasteiger partial charge in [0.05, 0.1) is 32.0 Å². The summed E-state index contributed by atoms with van der Waals surface area (Å²) in [5.74, 6) is 1.37. The van der Waals surface area contributed by atoms with Crippen molar-refractivity contribution in [1.29, 1.82) is 0 Å². The second-order valence-electron chi connectivity index (χ2n) is 7.15. The molecule has 1 aliphatic heterocycles. The van der Waals surface area contributed by atoms with Gasteiger partial charge in [0, 0.05) is 17.2 Å². The zero-order valence-electron chi connectivity index (χ0n) is 15.4. The van der Waals surface area contributed by atoms with E-state index in [4.69, 9.17) is 24.7 Å². The van der Waals surface area contributed by atoms with Crippen LogP contribution in [0.3, 0.4) is 0 Å². The quantitative estimate of drug-likeness (QED) is 0.835. The second kappa shape index (κ2) is 8.08. The van der Waals surface area contributed by atoms with Crippen LogP contribution in [-0.4, -0.2) is 38.6 Å². The van der Waals surface area contributed by atoms with Gasteiger partial charge in [-0.2, -0.15) is 0 Å². The molecule has 5 heteroatoms. The predicted molar refractivity (Wildman–Crippen MR) is 95.7 cm³/mol. The maximum Gasteiger partial charge on any atom is 0.163 e. The molecule has 0 amide bonds. The molecule has 0 aromatic heterocycles. The minimum atomic E-state index is -0.290. The molecule has 0 aliphatic carbocycles. The van der Waals surface area contributed by atoms with Gasteiger partial charge in [0.1, 0.15) is 6.61 Å². The van der Waals surface area contributed by atoms with E-state index in [9.17, 15) is 0 Å². The van der Waals surface area contributed by atoms with Crippen LogP contribution >= 0.6 is 0 Å². The van der Waals surface area contributed by atoms with Crippen LogP contribution in [0, 0.1) is 5.41 Å². The van der Waals surface area contributed by atoms with Crippen LogP contribution < -0.4 is 15.2 Å². The molecule has 2 unspecified atom stereocenters. The monoisotopic (exact) mass is 337 g/mol. The minimum absolute atomic E-state index is 0.0909. The van der Waals surface area contributed by atoms with Crippen molar-refractivity contribution in [2.75, 3.05) is 38.8 Å². The number of anilines is 1. The maximum atomic E-state index is 6.24. The van der Waals surface area contributed by atoms with Crippen LogP contribution in [0.5, 0.6) is 11.5 Å². The third kappa shape index (κ3) is 5.02. The first-order valence-corrected chi connectivity index (χ1v) is 8.76. The number of rotatable bonds is 2. The number of nitrogens with two attached hydrogens (primary N) is 1. The topological polar surface area (TPSA) is 62.9 Å². The summed E-state index contributed by atoms with van der Waals surface area (Å²) in [4.78, 5) is 0. The first-order chi connectivity index (χ1) is 11.4. The Bertz CT molecular complexity index is 536. The molecule has 1 aromatic carbocycles. The number of fused-ring (bicyclic) bond motifs is 1. The molecule has 1 aliphatic rings. The van der Waals surface area contributed by atoms with Crippen molar-refractivity contribution < 1.29 is 18.9 Å². The highest BCUT2D eigenvalue weighted by Gasteiger charge is 2.31. The van der Waals surface area contributed by atoms with Crippen LogP contribution in [0.25, 0.3) is 0 Å². The number of ether oxygens (including phenoxy) is 4. The molecule has 1 aromatic rings. The third-order valence-electron chi connectivity index (χ3n) is 4.81. The average Bonchev–Trinajstić information content (AvgIpc) is 2.59. The van der Waals surface area contributed by atoms with E-state index < -0.39 is 0 Å². The Kier molecular flexibility index (Phi) is 6.35. The summed E-state index contributed by atoms with van der Waals surface area (Å²) < 4.78 is 23.9. The smallest absolute Gasteiger partial charge is 0.163 e. The number of nitrogen functional groups attached to an aromatic ring is 1. The van der Waals surface area contributed by atoms with E-state index in [1.807, 2.05) is 18.2 Å². The average molecular weight is 337 g/mol. The predicted octanol–water partition coefficient (Wildman–Crippen LogP) is 3.66. The van der Waals surface area contributed by atoms with Gasteiger partial charge in [-0.25, -0.2) is 0 Å². The van der Waals surface area contributed by atoms with Crippen molar-refractivity contribution in [1.82, 2.24) is 0 Å². The minimum Gasteiger partial charge on any atom is -0.489 e. The van der Waals surface area contributed by atoms with Crippen molar-refractivity contribution in [2.45, 2.75) is 46.1 Å². The molecule has 0 saturated carbocycles. The molecule has 2 atom stereocenters. The first-order valence-electron chi connectivity index (χ1n) is 8.76. The summed E-state index contributed by atoms with van der Waals surface area (Å²) in [6, 6.07) is 5.47. The van der Waals surface area contributed by atoms with E-state index in [1.54, 1.807) is 0 Å². The highest BCUT2D eigenvalue weighted by Crippen LogP contribution is 2.33. The molecule has 136 valence electrons. The van der Waals surface area contributed by atoms with Gasteiger partial charge in [0.15, 0.2) is 11.5 Å². The third-order valence-corrected chi connectivity index (χ3v) is 4.81. The molecule has 24 heavy (non-hydrogen) atoms. The van der Waals surface area contributed by atoms with Crippen molar-refractivity contribution in [3.05, 3.63) is 18.2 Å². The summed E-state index contributed by atoms with van der Waals surface area (Å²) in [5.41, 5.74) is 6.17. The lowest BCUT2D eigenvalue weighted by Crippen LogP contribution is -2.40. The standard InChI is InChI=1S/C19H31NO4/c1-5-18(3)12-23-17-11-15(20)7-8-16(17)22-10-9-21-14-19(4,6-2)24-13-18/h7-8,11H,5-6,9-10,12-14,20H2,1-4H3. The summed E-state index contributed by atoms with van der Waals surface area (Å²) >= 11 is 0. The lowest BCUT2D eigenvalue weighted by Gasteiger charge is -2.35. The molecule has 0 spiro atoms. The van der Waals surface area contributed by atoms with Crippen LogP contribution in [-0.2, 0) is 9.47 Å². The van der Waals surface area contributed by atoms with E-state index >= 15 is 0 Å². The van der Waals surface area contributed by atoms with Crippen LogP contribution in [0.2, 0.25) is 0 Å². The second-order valence-corrected chi connectivity index (χ2v) is 7.15. The van der Waals surface area contributed by atoms with Gasteiger partial charge in [-0.3, -0.25) is 0 Å². The molecule has 5 nitrogen and oxygen atoms in total. The van der Waals surface area contributed by atoms with Crippen LogP contribution in [0.1, 0.15) is 40.5 Å². The first kappa shape index (κ1) is 18.9. The van der Waals surface area contributed by atoms with Crippen LogP contribution in [0.15, 0.2) is 18.2 Å². The molecule has 2 N–H and O–H groups in total. The van der Waals surface area contributed by atoms with Crippen molar-refractivity contribution >= 4 is 5.69 Å². The molecule has 0 bridgehead atoms. The van der Waals surface area contributed by atoms with Gasteiger partial charge in [-0.05, 0) is 31.9 Å². The molecule has 0 radical (unpaired) electrons. The van der Waals surface area contributed by atoms with E-state index in [1.165, 1.54) is 0 Å². The SMILES string of the molecule is CCC1(C)COc2cc(N)ccc2OCCOCC(C)(CC)OC1. The van der Waals surface area contributed by atoms with Gasteiger partial charge in [0.2, 0.25) is 0 Å². The molecule has 1 heterocycles. The molecule has 0 saturated heterocycles. The Hall–Kier alpha value is -1.46. The lowest BCUT2D eigenvalue weighted by atomic mass is 9.89. The Morgan fingerprint density at radius 1 is 0.958 bits per heavy atom. The van der Waals surface area contributed by atoms with Gasteiger partial charge < -0.3 is 24.7 Å². The number of benzene rings is 1. The van der Waals surface area contributed by atoms with Crippen molar-refractivity contribution in [3.8, 4) is 11.5 Å². The zero-order valence-corrected chi connectivity index (χ0v) is 15.4. The van der Waals surface area contributed by atoms with E-state index in [-0.39, 0.29) is 11.0 Å². The summed E-state index contributed by atoms with van der Waals surface area (Å²) in [7, 11) is 0. The van der Waals surface area contributed by atoms with E-state index in [0.717, 1.165) is 12.8 Å². The molecule has 0 fully saturated rings. The Balaban J connectivity index is 2.20. The number of hydrogen-bond donors (Lipinski definition) is 1. The Morgan fingerprint density at radius 3 is 2.46 bits per heavy atom. The highest BCUT2D eigenvalue weighted by atomic mass is 16.6. The van der Waals surface area contributed by atoms with E-state index in [2.05, 4.69) is 27.7 Å².